The first-order valence-electron chi connectivity index (χ1n) is 14.2. The summed E-state index contributed by atoms with van der Waals surface area (Å²) in [5.74, 6) is -0.791. The SMILES string of the molecule is CI.CN(c1ccn(Cc2ccncc2)n1)S(=O)(=O)c1cccc(F)c1.O=S(=O)(Nc1ccn(Cc2ccncc2)n1)c1cccc(F)c1. The van der Waals surface area contributed by atoms with Gasteiger partial charge in [-0.05, 0) is 76.7 Å². The highest BCUT2D eigenvalue weighted by Gasteiger charge is 2.23. The molecule has 0 saturated heterocycles. The number of aromatic nitrogens is 6. The fraction of sp³-hybridized carbons (Fsp3) is 0.125. The Labute approximate surface area is 296 Å². The van der Waals surface area contributed by atoms with Crippen LogP contribution in [0.3, 0.4) is 0 Å². The zero-order valence-corrected chi connectivity index (χ0v) is 30.0. The van der Waals surface area contributed by atoms with Crippen LogP contribution in [0.1, 0.15) is 11.1 Å². The van der Waals surface area contributed by atoms with Gasteiger partial charge in [-0.15, -0.1) is 0 Å². The van der Waals surface area contributed by atoms with Crippen LogP contribution in [0.2, 0.25) is 0 Å². The number of pyridine rings is 2. The molecule has 6 aromatic rings. The molecule has 49 heavy (non-hydrogen) atoms. The highest BCUT2D eigenvalue weighted by atomic mass is 127. The molecule has 0 saturated carbocycles. The Morgan fingerprint density at radius 3 is 1.73 bits per heavy atom. The van der Waals surface area contributed by atoms with Crippen molar-refractivity contribution in [1.82, 2.24) is 29.5 Å². The maximum Gasteiger partial charge on any atom is 0.265 e. The molecule has 0 aliphatic rings. The summed E-state index contributed by atoms with van der Waals surface area (Å²) in [5.41, 5.74) is 1.98. The number of hydrogen-bond acceptors (Lipinski definition) is 8. The van der Waals surface area contributed by atoms with Crippen molar-refractivity contribution in [2.75, 3.05) is 21.0 Å². The Bertz CT molecular complexity index is 2170. The van der Waals surface area contributed by atoms with E-state index in [0.717, 1.165) is 27.6 Å². The third-order valence-electron chi connectivity index (χ3n) is 6.58. The van der Waals surface area contributed by atoms with E-state index < -0.39 is 31.7 Å². The second-order valence-electron chi connectivity index (χ2n) is 9.97. The fourth-order valence-corrected chi connectivity index (χ4v) is 6.40. The van der Waals surface area contributed by atoms with Gasteiger partial charge in [0, 0.05) is 56.4 Å². The van der Waals surface area contributed by atoms with Gasteiger partial charge in [-0.25, -0.2) is 25.6 Å². The molecule has 0 fully saturated rings. The summed E-state index contributed by atoms with van der Waals surface area (Å²) in [6.07, 6.45) is 10.1. The van der Waals surface area contributed by atoms with Crippen LogP contribution in [0.25, 0.3) is 0 Å². The molecule has 6 rings (SSSR count). The number of rotatable bonds is 10. The maximum absolute atomic E-state index is 13.3. The summed E-state index contributed by atoms with van der Waals surface area (Å²) in [6.45, 7) is 0.987. The van der Waals surface area contributed by atoms with Crippen LogP contribution in [-0.2, 0) is 33.1 Å². The molecular weight excluding hydrogens is 789 g/mol. The molecule has 4 heterocycles. The maximum atomic E-state index is 13.3. The molecule has 0 bridgehead atoms. The van der Waals surface area contributed by atoms with Crippen LogP contribution in [0.5, 0.6) is 0 Å². The van der Waals surface area contributed by atoms with Crippen molar-refractivity contribution < 1.29 is 25.6 Å². The normalized spacial score (nSPS) is 11.0. The van der Waals surface area contributed by atoms with Crippen molar-refractivity contribution in [1.29, 1.82) is 0 Å². The summed E-state index contributed by atoms with van der Waals surface area (Å²) in [5, 5.41) is 8.42. The van der Waals surface area contributed by atoms with Gasteiger partial charge in [-0.3, -0.25) is 28.4 Å². The van der Waals surface area contributed by atoms with Gasteiger partial charge >= 0.3 is 0 Å². The monoisotopic (exact) mass is 820 g/mol. The lowest BCUT2D eigenvalue weighted by Crippen LogP contribution is -2.27. The van der Waals surface area contributed by atoms with Crippen LogP contribution < -0.4 is 9.03 Å². The Balaban J connectivity index is 0.000000210. The summed E-state index contributed by atoms with van der Waals surface area (Å²) < 4.78 is 82.5. The van der Waals surface area contributed by atoms with Gasteiger partial charge in [0.2, 0.25) is 0 Å². The molecule has 256 valence electrons. The first-order chi connectivity index (χ1) is 23.5. The largest absolute Gasteiger partial charge is 0.266 e. The lowest BCUT2D eigenvalue weighted by Gasteiger charge is -2.16. The second kappa shape index (κ2) is 17.1. The van der Waals surface area contributed by atoms with Crippen molar-refractivity contribution in [2.45, 2.75) is 22.9 Å². The number of sulfonamides is 2. The average Bonchev–Trinajstić information content (AvgIpc) is 3.75. The molecule has 12 nitrogen and oxygen atoms in total. The number of hydrogen-bond donors (Lipinski definition) is 1. The van der Waals surface area contributed by atoms with Crippen LogP contribution in [-0.4, -0.2) is 58.3 Å². The van der Waals surface area contributed by atoms with E-state index in [9.17, 15) is 25.6 Å². The molecular formula is C32H31F2IN8O4S2. The number of anilines is 2. The van der Waals surface area contributed by atoms with E-state index >= 15 is 0 Å². The Morgan fingerprint density at radius 2 is 1.18 bits per heavy atom. The van der Waals surface area contributed by atoms with Gasteiger partial charge in [-0.2, -0.15) is 10.2 Å². The summed E-state index contributed by atoms with van der Waals surface area (Å²) in [6, 6.07) is 20.2. The van der Waals surface area contributed by atoms with Crippen molar-refractivity contribution in [2.24, 2.45) is 0 Å². The predicted octanol–water partition coefficient (Wildman–Crippen LogP) is 5.61. The van der Waals surface area contributed by atoms with Gasteiger partial charge in [0.1, 0.15) is 11.6 Å². The van der Waals surface area contributed by atoms with Crippen molar-refractivity contribution in [3.8, 4) is 0 Å². The number of nitrogens with one attached hydrogen (secondary N) is 1. The molecule has 17 heteroatoms. The molecule has 1 N–H and O–H groups in total. The number of alkyl halides is 1. The van der Waals surface area contributed by atoms with Gasteiger partial charge < -0.3 is 0 Å². The molecule has 2 aromatic carbocycles. The van der Waals surface area contributed by atoms with Gasteiger partial charge in [-0.1, -0.05) is 34.7 Å². The third-order valence-corrected chi connectivity index (χ3v) is 9.69. The van der Waals surface area contributed by atoms with Crippen LogP contribution in [0.4, 0.5) is 20.4 Å². The van der Waals surface area contributed by atoms with E-state index in [2.05, 4.69) is 47.5 Å². The lowest BCUT2D eigenvalue weighted by molar-refractivity contribution is 0.588. The Kier molecular flexibility index (Phi) is 12.9. The van der Waals surface area contributed by atoms with Gasteiger partial charge in [0.25, 0.3) is 20.0 Å². The minimum absolute atomic E-state index is 0.117. The molecule has 0 spiro atoms. The van der Waals surface area contributed by atoms with E-state index in [4.69, 9.17) is 0 Å². The fourth-order valence-electron chi connectivity index (χ4n) is 4.20. The van der Waals surface area contributed by atoms with Crippen LogP contribution in [0, 0.1) is 11.6 Å². The molecule has 0 aliphatic heterocycles. The summed E-state index contributed by atoms with van der Waals surface area (Å²) in [7, 11) is -6.35. The molecule has 4 aromatic heterocycles. The standard InChI is InChI=1S/C16H15FN4O2S.C15H13FN4O2S.CH3I/c1-20(24(22,23)15-4-2-3-14(17)11-15)16-7-10-21(19-16)12-13-5-8-18-9-6-13;16-13-2-1-3-14(10-13)23(21,22)19-15-6-9-20(18-15)11-12-4-7-17-8-5-12;1-2/h2-11H,12H2,1H3;1-10H,11H2,(H,18,19);1H3. The summed E-state index contributed by atoms with van der Waals surface area (Å²) in [4.78, 5) is 9.58. The molecule has 0 radical (unpaired) electrons. The first-order valence-corrected chi connectivity index (χ1v) is 19.3. The highest BCUT2D eigenvalue weighted by molar-refractivity contribution is 14.1. The van der Waals surface area contributed by atoms with Crippen LogP contribution >= 0.6 is 22.6 Å². The average molecular weight is 821 g/mol. The van der Waals surface area contributed by atoms with E-state index in [1.807, 2.05) is 29.2 Å². The molecule has 0 amide bonds. The zero-order chi connectivity index (χ0) is 35.4. The van der Waals surface area contributed by atoms with Crippen LogP contribution in [0.15, 0.2) is 132 Å². The smallest absolute Gasteiger partial charge is 0.265 e. The Morgan fingerprint density at radius 1 is 0.694 bits per heavy atom. The van der Waals surface area contributed by atoms with Crippen molar-refractivity contribution in [3.05, 3.63) is 145 Å². The van der Waals surface area contributed by atoms with Crippen molar-refractivity contribution in [3.63, 3.8) is 0 Å². The first kappa shape index (κ1) is 37.1. The van der Waals surface area contributed by atoms with Crippen molar-refractivity contribution >= 4 is 54.3 Å². The minimum Gasteiger partial charge on any atom is -0.266 e. The third kappa shape index (κ3) is 10.4. The quantitative estimate of drug-likeness (QED) is 0.139. The second-order valence-corrected chi connectivity index (χ2v) is 13.6. The molecule has 0 unspecified atom stereocenters. The summed E-state index contributed by atoms with van der Waals surface area (Å²) >= 11 is 2.15. The molecule has 0 atom stereocenters. The van der Waals surface area contributed by atoms with E-state index in [-0.39, 0.29) is 21.4 Å². The number of benzene rings is 2. The van der Waals surface area contributed by atoms with Gasteiger partial charge in [0.05, 0.1) is 22.9 Å². The predicted molar refractivity (Wildman–Crippen MR) is 190 cm³/mol. The van der Waals surface area contributed by atoms with E-state index in [1.165, 1.54) is 49.5 Å². The minimum atomic E-state index is -3.87. The highest BCUT2D eigenvalue weighted by Crippen LogP contribution is 2.21. The Hall–Kier alpha value is -4.75. The number of halogens is 3. The zero-order valence-electron chi connectivity index (χ0n) is 26.2. The topological polar surface area (TPSA) is 145 Å². The van der Waals surface area contributed by atoms with Gasteiger partial charge in [0.15, 0.2) is 11.6 Å². The number of nitrogens with zero attached hydrogens (tertiary/aromatic N) is 7. The van der Waals surface area contributed by atoms with E-state index in [1.54, 1.807) is 52.6 Å². The van der Waals surface area contributed by atoms with E-state index in [0.29, 0.717) is 13.1 Å². The lowest BCUT2D eigenvalue weighted by atomic mass is 10.3. The molecule has 0 aliphatic carbocycles.